The number of benzene rings is 1. The highest BCUT2D eigenvalue weighted by Crippen LogP contribution is 2.46. The van der Waals surface area contributed by atoms with Gasteiger partial charge in [0.05, 0.1) is 16.9 Å². The summed E-state index contributed by atoms with van der Waals surface area (Å²) in [6, 6.07) is 4.13. The second-order valence-electron chi connectivity index (χ2n) is 3.45. The van der Waals surface area contributed by atoms with Crippen molar-refractivity contribution >= 4 is 37.1 Å². The van der Waals surface area contributed by atoms with Gasteiger partial charge in [0, 0.05) is 12.0 Å². The third-order valence-electron chi connectivity index (χ3n) is 2.03. The Balaban J connectivity index is 2.93. The van der Waals surface area contributed by atoms with E-state index in [2.05, 4.69) is 8.60 Å². The minimum atomic E-state index is -4.38. The van der Waals surface area contributed by atoms with Gasteiger partial charge in [-0.2, -0.15) is 4.08 Å². The van der Waals surface area contributed by atoms with Crippen LogP contribution in [0.15, 0.2) is 18.2 Å². The summed E-state index contributed by atoms with van der Waals surface area (Å²) in [6.45, 7) is 1.89. The van der Waals surface area contributed by atoms with Crippen molar-refractivity contribution in [2.45, 2.75) is 19.8 Å². The van der Waals surface area contributed by atoms with Crippen molar-refractivity contribution in [1.29, 1.82) is 0 Å². The fourth-order valence-corrected chi connectivity index (χ4v) is 2.05. The molecule has 5 nitrogen and oxygen atoms in total. The molecule has 1 atom stereocenters. The molecule has 0 radical (unpaired) electrons. The highest BCUT2D eigenvalue weighted by Gasteiger charge is 2.24. The third kappa shape index (κ3) is 4.26. The maximum Gasteiger partial charge on any atom is 0.544 e. The van der Waals surface area contributed by atoms with Crippen LogP contribution in [-0.2, 0) is 8.64 Å². The van der Waals surface area contributed by atoms with Gasteiger partial charge in [-0.05, 0) is 24.6 Å². The molecule has 0 saturated carbocycles. The van der Waals surface area contributed by atoms with Crippen LogP contribution in [0.1, 0.15) is 30.1 Å². The van der Waals surface area contributed by atoms with E-state index in [1.807, 2.05) is 6.92 Å². The van der Waals surface area contributed by atoms with Crippen LogP contribution in [0.4, 0.5) is 0 Å². The van der Waals surface area contributed by atoms with E-state index in [1.54, 1.807) is 0 Å². The summed E-state index contributed by atoms with van der Waals surface area (Å²) in [7, 11) is -4.38. The van der Waals surface area contributed by atoms with Crippen LogP contribution in [0.2, 0.25) is 5.02 Å². The topological polar surface area (TPSA) is 72.8 Å². The van der Waals surface area contributed by atoms with E-state index in [4.69, 9.17) is 28.4 Å². The first-order valence-corrected chi connectivity index (χ1v) is 7.23. The van der Waals surface area contributed by atoms with Crippen molar-refractivity contribution in [2.75, 3.05) is 0 Å². The van der Waals surface area contributed by atoms with Gasteiger partial charge in [0.15, 0.2) is 5.78 Å². The van der Waals surface area contributed by atoms with Crippen LogP contribution in [0.5, 0.6) is 5.75 Å². The lowest BCUT2D eigenvalue weighted by Crippen LogP contribution is -1.99. The van der Waals surface area contributed by atoms with Gasteiger partial charge in [-0.25, -0.2) is 4.57 Å². The molecule has 1 aromatic rings. The molecule has 0 amide bonds. The first-order chi connectivity index (χ1) is 8.39. The van der Waals surface area contributed by atoms with Crippen LogP contribution >= 0.6 is 31.3 Å². The first-order valence-electron chi connectivity index (χ1n) is 5.05. The van der Waals surface area contributed by atoms with E-state index in [1.165, 1.54) is 18.2 Å². The lowest BCUT2D eigenvalue weighted by atomic mass is 10.1. The lowest BCUT2D eigenvalue weighted by Gasteiger charge is -2.10. The highest BCUT2D eigenvalue weighted by molar-refractivity contribution is 7.48. The normalized spacial score (nSPS) is 14.0. The molecule has 0 spiro atoms. The zero-order chi connectivity index (χ0) is 13.8. The quantitative estimate of drug-likeness (QED) is 0.635. The van der Waals surface area contributed by atoms with Gasteiger partial charge in [0.25, 0.3) is 0 Å². The Bertz CT molecular complexity index is 491. The van der Waals surface area contributed by atoms with Crippen molar-refractivity contribution in [3.8, 4) is 5.75 Å². The number of halogens is 2. The van der Waals surface area contributed by atoms with Gasteiger partial charge in [0.1, 0.15) is 5.75 Å². The summed E-state index contributed by atoms with van der Waals surface area (Å²) < 4.78 is 19.4. The zero-order valence-electron chi connectivity index (χ0n) is 9.43. The van der Waals surface area contributed by atoms with Gasteiger partial charge < -0.3 is 4.52 Å². The molecule has 0 aliphatic heterocycles. The van der Waals surface area contributed by atoms with Gasteiger partial charge in [-0.3, -0.25) is 9.69 Å². The molecule has 1 rings (SSSR count). The molecule has 18 heavy (non-hydrogen) atoms. The molecule has 8 heteroatoms. The Morgan fingerprint density at radius 3 is 2.67 bits per heavy atom. The summed E-state index contributed by atoms with van der Waals surface area (Å²) in [5.41, 5.74) is 0.411. The van der Waals surface area contributed by atoms with Gasteiger partial charge in [-0.1, -0.05) is 18.5 Å². The Labute approximate surface area is 114 Å². The number of phosphoric ester groups is 1. The number of hydrogen-bond donors (Lipinski definition) is 1. The number of phosphoric acid groups is 1. The fourth-order valence-electron chi connectivity index (χ4n) is 1.26. The van der Waals surface area contributed by atoms with Crippen molar-refractivity contribution in [3.05, 3.63) is 28.8 Å². The van der Waals surface area contributed by atoms with Gasteiger partial charge >= 0.3 is 7.82 Å². The number of carbonyl (C=O) groups excluding carboxylic acids is 1. The second kappa shape index (κ2) is 6.55. The van der Waals surface area contributed by atoms with Crippen molar-refractivity contribution in [2.24, 2.45) is 0 Å². The summed E-state index contributed by atoms with van der Waals surface area (Å²) in [4.78, 5) is 20.6. The first kappa shape index (κ1) is 15.5. The maximum atomic E-state index is 11.6. The predicted molar refractivity (Wildman–Crippen MR) is 68.1 cm³/mol. The number of carbonyl (C=O) groups is 1. The maximum absolute atomic E-state index is 11.6. The number of hydrogen-bond acceptors (Lipinski definition) is 4. The summed E-state index contributed by atoms with van der Waals surface area (Å²) >= 11 is 10.6. The minimum Gasteiger partial charge on any atom is -0.402 e. The average Bonchev–Trinajstić information content (AvgIpc) is 2.32. The van der Waals surface area contributed by atoms with Gasteiger partial charge in [-0.15, -0.1) is 0 Å². The van der Waals surface area contributed by atoms with Crippen LogP contribution in [0.3, 0.4) is 0 Å². The average molecular weight is 313 g/mol. The van der Waals surface area contributed by atoms with Gasteiger partial charge in [0.2, 0.25) is 0 Å². The Kier molecular flexibility index (Phi) is 5.63. The second-order valence-corrected chi connectivity index (χ2v) is 5.53. The predicted octanol–water partition coefficient (Wildman–Crippen LogP) is 3.97. The molecule has 1 unspecified atom stereocenters. The standard InChI is InChI=1S/C10H11Cl2O5P/c1-2-3-9(13)7-4-5-10(8(11)6-7)16-18(14,15)17-12/h4-6H,2-3H2,1H3,(H,14,15). The monoisotopic (exact) mass is 312 g/mol. The van der Waals surface area contributed by atoms with Crippen molar-refractivity contribution in [3.63, 3.8) is 0 Å². The van der Waals surface area contributed by atoms with E-state index >= 15 is 0 Å². The summed E-state index contributed by atoms with van der Waals surface area (Å²) in [5, 5.41) is 0.0277. The number of rotatable bonds is 6. The molecule has 1 N–H and O–H groups in total. The summed E-state index contributed by atoms with van der Waals surface area (Å²) in [6.07, 6.45) is 1.13. The van der Waals surface area contributed by atoms with Crippen molar-refractivity contribution in [1.82, 2.24) is 0 Å². The van der Waals surface area contributed by atoms with Crippen LogP contribution in [0.25, 0.3) is 0 Å². The molecule has 0 bridgehead atoms. The molecular formula is C10H11Cl2O5P. The summed E-state index contributed by atoms with van der Waals surface area (Å²) in [5.74, 6) is -0.150. The zero-order valence-corrected chi connectivity index (χ0v) is 11.8. The van der Waals surface area contributed by atoms with E-state index in [9.17, 15) is 9.36 Å². The molecule has 0 saturated heterocycles. The van der Waals surface area contributed by atoms with Crippen LogP contribution in [-0.4, -0.2) is 10.7 Å². The Morgan fingerprint density at radius 2 is 2.17 bits per heavy atom. The van der Waals surface area contributed by atoms with E-state index in [0.29, 0.717) is 12.0 Å². The molecular weight excluding hydrogens is 302 g/mol. The van der Waals surface area contributed by atoms with E-state index in [0.717, 1.165) is 6.42 Å². The fraction of sp³-hybridized carbons (Fsp3) is 0.300. The van der Waals surface area contributed by atoms with E-state index < -0.39 is 7.82 Å². The molecule has 0 aromatic heterocycles. The largest absolute Gasteiger partial charge is 0.544 e. The molecule has 0 fully saturated rings. The number of ketones is 1. The van der Waals surface area contributed by atoms with Crippen LogP contribution < -0.4 is 4.52 Å². The molecule has 1 aromatic carbocycles. The highest BCUT2D eigenvalue weighted by atomic mass is 35.5. The molecule has 0 heterocycles. The smallest absolute Gasteiger partial charge is 0.402 e. The lowest BCUT2D eigenvalue weighted by molar-refractivity contribution is 0.0981. The minimum absolute atomic E-state index is 0.0277. The molecule has 100 valence electrons. The molecule has 0 aliphatic carbocycles. The SMILES string of the molecule is CCCC(=O)c1ccc(OP(=O)(O)OCl)c(Cl)c1. The Morgan fingerprint density at radius 1 is 1.50 bits per heavy atom. The van der Waals surface area contributed by atoms with E-state index in [-0.39, 0.29) is 16.6 Å². The van der Waals surface area contributed by atoms with Crippen LogP contribution in [0, 0.1) is 0 Å². The third-order valence-corrected chi connectivity index (χ3v) is 3.45. The Hall–Kier alpha value is -0.580. The molecule has 0 aliphatic rings. The van der Waals surface area contributed by atoms with Crippen molar-refractivity contribution < 1.29 is 22.9 Å². The number of Topliss-reactive ketones (excluding diaryl/α,β-unsaturated/α-hetero) is 1.